The van der Waals surface area contributed by atoms with E-state index in [1.807, 2.05) is 0 Å². The van der Waals surface area contributed by atoms with Gasteiger partial charge in [0.1, 0.15) is 22.3 Å². The van der Waals surface area contributed by atoms with E-state index in [2.05, 4.69) is 4.72 Å². The summed E-state index contributed by atoms with van der Waals surface area (Å²) in [5, 5.41) is 0. The maximum Gasteiger partial charge on any atom is 0.254 e. The molecule has 0 aliphatic rings. The van der Waals surface area contributed by atoms with Crippen LogP contribution in [-0.4, -0.2) is 26.6 Å². The van der Waals surface area contributed by atoms with E-state index in [0.717, 1.165) is 12.1 Å². The molecule has 2 aromatic rings. The lowest BCUT2D eigenvalue weighted by Gasteiger charge is -2.12. The number of hydrogen-bond donors (Lipinski definition) is 1. The average molecular weight is 358 g/mol. The van der Waals surface area contributed by atoms with Gasteiger partial charge in [0.2, 0.25) is 10.0 Å². The van der Waals surface area contributed by atoms with Gasteiger partial charge in [-0.3, -0.25) is 4.79 Å². The fraction of sp³-hybridized carbons (Fsp3) is 0.267. The van der Waals surface area contributed by atoms with Crippen molar-refractivity contribution in [2.24, 2.45) is 0 Å². The van der Waals surface area contributed by atoms with Crippen molar-refractivity contribution < 1.29 is 21.9 Å². The minimum absolute atomic E-state index is 0.0326. The Bertz CT molecular complexity index is 910. The number of rotatable bonds is 6. The van der Waals surface area contributed by atoms with Gasteiger partial charge in [0.15, 0.2) is 0 Å². The average Bonchev–Trinajstić information content (AvgIpc) is 2.51. The minimum Gasteiger partial charge on any atom is -0.496 e. The van der Waals surface area contributed by atoms with Crippen LogP contribution >= 0.6 is 0 Å². The van der Waals surface area contributed by atoms with Gasteiger partial charge in [-0.15, -0.1) is 0 Å². The van der Waals surface area contributed by atoms with E-state index in [-0.39, 0.29) is 18.6 Å². The largest absolute Gasteiger partial charge is 0.496 e. The highest BCUT2D eigenvalue weighted by Gasteiger charge is 2.19. The number of methoxy groups -OCH3 is 1. The molecule has 0 fully saturated rings. The van der Waals surface area contributed by atoms with Crippen molar-refractivity contribution in [3.63, 3.8) is 0 Å². The number of pyridine rings is 1. The second-order valence-electron chi connectivity index (χ2n) is 5.00. The molecular formula is C15H16F2N2O4S. The van der Waals surface area contributed by atoms with Gasteiger partial charge >= 0.3 is 0 Å². The molecule has 0 amide bonds. The monoisotopic (exact) mass is 358 g/mol. The second kappa shape index (κ2) is 7.10. The third kappa shape index (κ3) is 3.98. The third-order valence-electron chi connectivity index (χ3n) is 3.35. The number of nitrogens with zero attached hydrogens (tertiary/aromatic N) is 1. The van der Waals surface area contributed by atoms with Gasteiger partial charge in [0, 0.05) is 24.8 Å². The van der Waals surface area contributed by atoms with Crippen LogP contribution in [0.4, 0.5) is 8.78 Å². The number of benzene rings is 1. The van der Waals surface area contributed by atoms with Gasteiger partial charge < -0.3 is 9.30 Å². The predicted molar refractivity (Wildman–Crippen MR) is 83.5 cm³/mol. The van der Waals surface area contributed by atoms with E-state index < -0.39 is 26.6 Å². The van der Waals surface area contributed by atoms with E-state index in [4.69, 9.17) is 4.74 Å². The van der Waals surface area contributed by atoms with E-state index in [0.29, 0.717) is 17.5 Å². The Morgan fingerprint density at radius 1 is 1.21 bits per heavy atom. The third-order valence-corrected chi connectivity index (χ3v) is 4.83. The predicted octanol–water partition coefficient (Wildman–Crippen LogP) is 1.42. The fourth-order valence-electron chi connectivity index (χ4n) is 2.16. The van der Waals surface area contributed by atoms with E-state index >= 15 is 0 Å². The zero-order valence-electron chi connectivity index (χ0n) is 13.0. The van der Waals surface area contributed by atoms with Crippen LogP contribution in [-0.2, 0) is 16.6 Å². The Balaban J connectivity index is 2.14. The van der Waals surface area contributed by atoms with Crippen molar-refractivity contribution in [3.05, 3.63) is 58.0 Å². The Hall–Kier alpha value is -2.26. The highest BCUT2D eigenvalue weighted by molar-refractivity contribution is 7.89. The van der Waals surface area contributed by atoms with E-state index in [1.165, 1.54) is 17.7 Å². The highest BCUT2D eigenvalue weighted by atomic mass is 32.2. The summed E-state index contributed by atoms with van der Waals surface area (Å²) in [6, 6.07) is 5.06. The molecule has 1 N–H and O–H groups in total. The number of hydrogen-bond acceptors (Lipinski definition) is 4. The summed E-state index contributed by atoms with van der Waals surface area (Å²) >= 11 is 0. The summed E-state index contributed by atoms with van der Waals surface area (Å²) in [4.78, 5) is 11.2. The number of sulfonamides is 1. The molecule has 0 saturated carbocycles. The lowest BCUT2D eigenvalue weighted by molar-refractivity contribution is 0.411. The topological polar surface area (TPSA) is 77.4 Å². The van der Waals surface area contributed by atoms with Gasteiger partial charge in [-0.2, -0.15) is 0 Å². The van der Waals surface area contributed by atoms with Crippen molar-refractivity contribution in [2.45, 2.75) is 18.4 Å². The van der Waals surface area contributed by atoms with Crippen molar-refractivity contribution >= 4 is 10.0 Å². The first-order valence-electron chi connectivity index (χ1n) is 6.95. The summed E-state index contributed by atoms with van der Waals surface area (Å²) < 4.78 is 59.2. The van der Waals surface area contributed by atoms with Crippen LogP contribution in [0.3, 0.4) is 0 Å². The molecule has 0 spiro atoms. The number of nitrogens with one attached hydrogen (secondary N) is 1. The maximum atomic E-state index is 13.6. The van der Waals surface area contributed by atoms with Crippen LogP contribution in [0, 0.1) is 18.6 Å². The van der Waals surface area contributed by atoms with Crippen molar-refractivity contribution in [1.29, 1.82) is 0 Å². The summed E-state index contributed by atoms with van der Waals surface area (Å²) in [5.74, 6) is -1.52. The van der Waals surface area contributed by atoms with Gasteiger partial charge in [0.25, 0.3) is 5.56 Å². The van der Waals surface area contributed by atoms with Crippen LogP contribution < -0.4 is 15.0 Å². The Labute approximate surface area is 137 Å². The van der Waals surface area contributed by atoms with Crippen LogP contribution in [0.5, 0.6) is 5.75 Å². The normalized spacial score (nSPS) is 11.5. The molecule has 0 aliphatic heterocycles. The van der Waals surface area contributed by atoms with Crippen LogP contribution in [0.2, 0.25) is 0 Å². The van der Waals surface area contributed by atoms with Crippen molar-refractivity contribution in [3.8, 4) is 5.75 Å². The molecule has 0 aliphatic carbocycles. The van der Waals surface area contributed by atoms with Crippen LogP contribution in [0.15, 0.2) is 40.0 Å². The quantitative estimate of drug-likeness (QED) is 0.847. The summed E-state index contributed by atoms with van der Waals surface area (Å²) in [6.45, 7) is 1.54. The molecule has 2 rings (SSSR count). The van der Waals surface area contributed by atoms with Crippen LogP contribution in [0.25, 0.3) is 0 Å². The lowest BCUT2D eigenvalue weighted by atomic mass is 10.3. The summed E-state index contributed by atoms with van der Waals surface area (Å²) in [6.07, 6.45) is 0. The van der Waals surface area contributed by atoms with Gasteiger partial charge in [-0.25, -0.2) is 21.9 Å². The zero-order chi connectivity index (χ0) is 17.9. The minimum atomic E-state index is -4.23. The molecule has 1 aromatic carbocycles. The van der Waals surface area contributed by atoms with Gasteiger partial charge in [-0.05, 0) is 31.2 Å². The molecule has 0 saturated heterocycles. The first-order chi connectivity index (χ1) is 11.2. The van der Waals surface area contributed by atoms with Gasteiger partial charge in [-0.1, -0.05) is 0 Å². The first kappa shape index (κ1) is 18.1. The molecule has 1 aromatic heterocycles. The van der Waals surface area contributed by atoms with Crippen LogP contribution in [0.1, 0.15) is 5.69 Å². The first-order valence-corrected chi connectivity index (χ1v) is 8.43. The molecule has 6 nitrogen and oxygen atoms in total. The number of aryl methyl sites for hydroxylation is 1. The Morgan fingerprint density at radius 2 is 1.92 bits per heavy atom. The number of aromatic nitrogens is 1. The summed E-state index contributed by atoms with van der Waals surface area (Å²) in [7, 11) is -2.80. The Kier molecular flexibility index (Phi) is 5.35. The Morgan fingerprint density at radius 3 is 2.54 bits per heavy atom. The SMILES string of the molecule is COc1cc(C)n(CCNS(=O)(=O)c2cc(F)ccc2F)c(=O)c1. The molecule has 24 heavy (non-hydrogen) atoms. The molecule has 9 heteroatoms. The standard InChI is InChI=1S/C15H16F2N2O4S/c1-10-7-12(23-2)9-15(20)19(10)6-5-18-24(21,22)14-8-11(16)3-4-13(14)17/h3-4,7-9,18H,5-6H2,1-2H3. The lowest BCUT2D eigenvalue weighted by Crippen LogP contribution is -2.32. The van der Waals surface area contributed by atoms with E-state index in [1.54, 1.807) is 13.0 Å². The maximum absolute atomic E-state index is 13.6. The second-order valence-corrected chi connectivity index (χ2v) is 6.73. The molecular weight excluding hydrogens is 342 g/mol. The van der Waals surface area contributed by atoms with Crippen molar-refractivity contribution in [1.82, 2.24) is 9.29 Å². The summed E-state index contributed by atoms with van der Waals surface area (Å²) in [5.41, 5.74) is 0.221. The molecule has 0 bridgehead atoms. The number of ether oxygens (including phenoxy) is 1. The van der Waals surface area contributed by atoms with E-state index in [9.17, 15) is 22.0 Å². The van der Waals surface area contributed by atoms with Gasteiger partial charge in [0.05, 0.1) is 7.11 Å². The molecule has 0 radical (unpaired) electrons. The highest BCUT2D eigenvalue weighted by Crippen LogP contribution is 2.15. The smallest absolute Gasteiger partial charge is 0.254 e. The molecule has 0 atom stereocenters. The molecule has 130 valence electrons. The molecule has 0 unspecified atom stereocenters. The molecule has 1 heterocycles. The fourth-order valence-corrected chi connectivity index (χ4v) is 3.26. The number of halogens is 2. The zero-order valence-corrected chi connectivity index (χ0v) is 13.9. The van der Waals surface area contributed by atoms with Crippen molar-refractivity contribution in [2.75, 3.05) is 13.7 Å².